The molecular weight excluding hydrogens is 266 g/mol. The molecule has 6 nitrogen and oxygen atoms in total. The normalized spacial score (nSPS) is 25.5. The molecular formula is C15H19N5O. The third kappa shape index (κ3) is 2.40. The third-order valence-corrected chi connectivity index (χ3v) is 4.60. The van der Waals surface area contributed by atoms with Crippen molar-refractivity contribution in [3.8, 4) is 0 Å². The van der Waals surface area contributed by atoms with E-state index in [0.29, 0.717) is 0 Å². The van der Waals surface area contributed by atoms with Crippen LogP contribution in [0.5, 0.6) is 0 Å². The van der Waals surface area contributed by atoms with Crippen molar-refractivity contribution in [3.05, 3.63) is 36.4 Å². The third-order valence-electron chi connectivity index (χ3n) is 4.60. The molecule has 2 aromatic heterocycles. The fraction of sp³-hybridized carbons (Fsp3) is 0.533. The van der Waals surface area contributed by atoms with E-state index in [9.17, 15) is 0 Å². The van der Waals surface area contributed by atoms with Crippen LogP contribution in [0.1, 0.15) is 11.3 Å². The van der Waals surface area contributed by atoms with Gasteiger partial charge in [0.2, 0.25) is 0 Å². The lowest BCUT2D eigenvalue weighted by Gasteiger charge is -2.22. The predicted molar refractivity (Wildman–Crippen MR) is 77.7 cm³/mol. The minimum absolute atomic E-state index is 0.728. The van der Waals surface area contributed by atoms with E-state index in [2.05, 4.69) is 31.7 Å². The van der Waals surface area contributed by atoms with E-state index in [1.165, 1.54) is 6.39 Å². The molecule has 2 fully saturated rings. The van der Waals surface area contributed by atoms with Gasteiger partial charge in [-0.3, -0.25) is 4.90 Å². The fourth-order valence-corrected chi connectivity index (χ4v) is 3.66. The number of rotatable bonds is 3. The molecule has 0 radical (unpaired) electrons. The number of aromatic nitrogens is 3. The molecule has 21 heavy (non-hydrogen) atoms. The lowest BCUT2D eigenvalue weighted by atomic mass is 10.0. The van der Waals surface area contributed by atoms with Gasteiger partial charge in [-0.25, -0.2) is 15.0 Å². The Kier molecular flexibility index (Phi) is 3.11. The number of nitrogens with zero attached hydrogens (tertiary/aromatic N) is 5. The molecule has 2 saturated heterocycles. The van der Waals surface area contributed by atoms with E-state index in [1.54, 1.807) is 12.6 Å². The topological polar surface area (TPSA) is 58.3 Å². The zero-order valence-corrected chi connectivity index (χ0v) is 12.1. The standard InChI is InChI=1S/C15H19N5O/c1-11-2-16-9-17-15(11)20-5-12-3-19(4-13(12)6-20)7-14-8-21-10-18-14/h2,8-10,12-13H,3-7H2,1H3. The summed E-state index contributed by atoms with van der Waals surface area (Å²) in [5, 5.41) is 0. The summed E-state index contributed by atoms with van der Waals surface area (Å²) in [4.78, 5) is 17.6. The number of aryl methyl sites for hydroxylation is 1. The first kappa shape index (κ1) is 12.8. The van der Waals surface area contributed by atoms with Gasteiger partial charge in [0.25, 0.3) is 0 Å². The van der Waals surface area contributed by atoms with Crippen LogP contribution in [0.3, 0.4) is 0 Å². The van der Waals surface area contributed by atoms with Gasteiger partial charge in [0.1, 0.15) is 18.4 Å². The summed E-state index contributed by atoms with van der Waals surface area (Å²) >= 11 is 0. The second-order valence-electron chi connectivity index (χ2n) is 6.13. The second-order valence-corrected chi connectivity index (χ2v) is 6.13. The van der Waals surface area contributed by atoms with Gasteiger partial charge in [0.05, 0.1) is 5.69 Å². The number of hydrogen-bond donors (Lipinski definition) is 0. The molecule has 0 aromatic carbocycles. The first-order valence-electron chi connectivity index (χ1n) is 7.40. The van der Waals surface area contributed by atoms with Gasteiger partial charge in [-0.15, -0.1) is 0 Å². The fourth-order valence-electron chi connectivity index (χ4n) is 3.66. The monoisotopic (exact) mass is 285 g/mol. The van der Waals surface area contributed by atoms with Crippen LogP contribution in [-0.2, 0) is 6.54 Å². The van der Waals surface area contributed by atoms with Gasteiger partial charge in [-0.2, -0.15) is 0 Å². The zero-order chi connectivity index (χ0) is 14.2. The first-order chi connectivity index (χ1) is 10.3. The maximum absolute atomic E-state index is 5.05. The highest BCUT2D eigenvalue weighted by atomic mass is 16.3. The molecule has 6 heteroatoms. The molecule has 2 aliphatic rings. The van der Waals surface area contributed by atoms with Crippen molar-refractivity contribution < 1.29 is 4.42 Å². The van der Waals surface area contributed by atoms with Crippen molar-refractivity contribution in [2.24, 2.45) is 11.8 Å². The van der Waals surface area contributed by atoms with E-state index in [4.69, 9.17) is 4.42 Å². The first-order valence-corrected chi connectivity index (χ1v) is 7.40. The molecule has 0 N–H and O–H groups in total. The minimum Gasteiger partial charge on any atom is -0.451 e. The Morgan fingerprint density at radius 3 is 2.67 bits per heavy atom. The Labute approximate surface area is 123 Å². The number of likely N-dealkylation sites (tertiary alicyclic amines) is 1. The van der Waals surface area contributed by atoms with Crippen LogP contribution in [0.15, 0.2) is 29.6 Å². The van der Waals surface area contributed by atoms with E-state index < -0.39 is 0 Å². The molecule has 0 spiro atoms. The van der Waals surface area contributed by atoms with Gasteiger partial charge in [0.15, 0.2) is 6.39 Å². The summed E-state index contributed by atoms with van der Waals surface area (Å²) in [6.45, 7) is 7.45. The van der Waals surface area contributed by atoms with E-state index >= 15 is 0 Å². The summed E-state index contributed by atoms with van der Waals surface area (Å²) in [6.07, 6.45) is 6.79. The molecule has 4 rings (SSSR count). The van der Waals surface area contributed by atoms with Crippen LogP contribution in [0.25, 0.3) is 0 Å². The molecule has 4 heterocycles. The van der Waals surface area contributed by atoms with Gasteiger partial charge in [-0.05, 0) is 18.8 Å². The predicted octanol–water partition coefficient (Wildman–Crippen LogP) is 1.34. The van der Waals surface area contributed by atoms with Gasteiger partial charge >= 0.3 is 0 Å². The Hall–Kier alpha value is -1.95. The second kappa shape index (κ2) is 5.11. The van der Waals surface area contributed by atoms with E-state index in [0.717, 1.165) is 61.6 Å². The summed E-state index contributed by atoms with van der Waals surface area (Å²) < 4.78 is 5.05. The van der Waals surface area contributed by atoms with Crippen molar-refractivity contribution in [1.29, 1.82) is 0 Å². The van der Waals surface area contributed by atoms with Gasteiger partial charge < -0.3 is 9.32 Å². The lowest BCUT2D eigenvalue weighted by Crippen LogP contribution is -2.29. The van der Waals surface area contributed by atoms with E-state index in [1.807, 2.05) is 6.20 Å². The molecule has 2 unspecified atom stereocenters. The van der Waals surface area contributed by atoms with Crippen LogP contribution in [-0.4, -0.2) is 46.0 Å². The summed E-state index contributed by atoms with van der Waals surface area (Å²) in [7, 11) is 0. The lowest BCUT2D eigenvalue weighted by molar-refractivity contribution is 0.304. The van der Waals surface area contributed by atoms with E-state index in [-0.39, 0.29) is 0 Å². The Morgan fingerprint density at radius 1 is 1.19 bits per heavy atom. The number of fused-ring (bicyclic) bond motifs is 1. The quantitative estimate of drug-likeness (QED) is 0.848. The van der Waals surface area contributed by atoms with Crippen molar-refractivity contribution >= 4 is 5.82 Å². The minimum atomic E-state index is 0.728. The zero-order valence-electron chi connectivity index (χ0n) is 12.1. The van der Waals surface area contributed by atoms with Gasteiger partial charge in [0, 0.05) is 44.5 Å². The molecule has 2 atom stereocenters. The Balaban J connectivity index is 1.40. The molecule has 2 aromatic rings. The number of anilines is 1. The van der Waals surface area contributed by atoms with Crippen LogP contribution < -0.4 is 4.90 Å². The molecule has 0 saturated carbocycles. The largest absolute Gasteiger partial charge is 0.451 e. The molecule has 0 aliphatic carbocycles. The highest BCUT2D eigenvalue weighted by Gasteiger charge is 2.40. The van der Waals surface area contributed by atoms with Crippen molar-refractivity contribution in [2.75, 3.05) is 31.1 Å². The van der Waals surface area contributed by atoms with Crippen molar-refractivity contribution in [2.45, 2.75) is 13.5 Å². The van der Waals surface area contributed by atoms with Crippen LogP contribution in [0, 0.1) is 18.8 Å². The van der Waals surface area contributed by atoms with Crippen LogP contribution >= 0.6 is 0 Å². The van der Waals surface area contributed by atoms with Crippen molar-refractivity contribution in [3.63, 3.8) is 0 Å². The van der Waals surface area contributed by atoms with Gasteiger partial charge in [-0.1, -0.05) is 0 Å². The Bertz CT molecular complexity index is 600. The summed E-state index contributed by atoms with van der Waals surface area (Å²) in [5.41, 5.74) is 2.19. The average molecular weight is 285 g/mol. The number of hydrogen-bond acceptors (Lipinski definition) is 6. The highest BCUT2D eigenvalue weighted by Crippen LogP contribution is 2.34. The van der Waals surface area contributed by atoms with Crippen LogP contribution in [0.2, 0.25) is 0 Å². The maximum atomic E-state index is 5.05. The molecule has 2 aliphatic heterocycles. The maximum Gasteiger partial charge on any atom is 0.180 e. The average Bonchev–Trinajstić information content (AvgIpc) is 3.15. The van der Waals surface area contributed by atoms with Crippen LogP contribution in [0.4, 0.5) is 5.82 Å². The summed E-state index contributed by atoms with van der Waals surface area (Å²) in [5.74, 6) is 2.56. The molecule has 0 amide bonds. The summed E-state index contributed by atoms with van der Waals surface area (Å²) in [6, 6.07) is 0. The van der Waals surface area contributed by atoms with Crippen molar-refractivity contribution in [1.82, 2.24) is 19.9 Å². The molecule has 0 bridgehead atoms. The highest BCUT2D eigenvalue weighted by molar-refractivity contribution is 5.46. The number of oxazole rings is 1. The Morgan fingerprint density at radius 2 is 2.00 bits per heavy atom. The SMILES string of the molecule is Cc1cncnc1N1CC2CN(Cc3cocn3)CC2C1. The molecule has 110 valence electrons. The smallest absolute Gasteiger partial charge is 0.180 e.